The third-order valence-corrected chi connectivity index (χ3v) is 2.88. The Bertz CT molecular complexity index is 807. The summed E-state index contributed by atoms with van der Waals surface area (Å²) in [4.78, 5) is 30.3. The molecule has 20 heavy (non-hydrogen) atoms. The lowest BCUT2D eigenvalue weighted by molar-refractivity contribution is 0.0945. The lowest BCUT2D eigenvalue weighted by Gasteiger charge is -2.04. The van der Waals surface area contributed by atoms with Gasteiger partial charge in [0.1, 0.15) is 17.8 Å². The Balaban J connectivity index is 1.86. The summed E-state index contributed by atoms with van der Waals surface area (Å²) in [5.74, 6) is 0.172. The number of rotatable bonds is 3. The molecule has 2 heterocycles. The molecule has 3 rings (SSSR count). The number of carbonyl (C=O) groups excluding carboxylic acids is 1. The Kier molecular flexibility index (Phi) is 3.00. The van der Waals surface area contributed by atoms with Gasteiger partial charge in [-0.3, -0.25) is 14.7 Å². The van der Waals surface area contributed by atoms with E-state index in [2.05, 4.69) is 25.5 Å². The zero-order valence-electron chi connectivity index (χ0n) is 10.4. The van der Waals surface area contributed by atoms with Crippen LogP contribution in [0.25, 0.3) is 10.8 Å². The molecule has 0 saturated heterocycles. The van der Waals surface area contributed by atoms with Gasteiger partial charge in [0, 0.05) is 5.39 Å². The van der Waals surface area contributed by atoms with Gasteiger partial charge in [0.25, 0.3) is 11.5 Å². The van der Waals surface area contributed by atoms with Crippen LogP contribution in [0.2, 0.25) is 0 Å². The third-order valence-electron chi connectivity index (χ3n) is 2.88. The normalized spacial score (nSPS) is 10.6. The highest BCUT2D eigenvalue weighted by molar-refractivity contribution is 5.96. The number of nitrogens with zero attached hydrogens (tertiary/aromatic N) is 2. The second-order valence-electron chi connectivity index (χ2n) is 4.21. The summed E-state index contributed by atoms with van der Waals surface area (Å²) in [5.41, 5.74) is -0.0684. The van der Waals surface area contributed by atoms with Crippen molar-refractivity contribution in [3.63, 3.8) is 0 Å². The molecule has 0 spiro atoms. The Hall–Kier alpha value is -2.96. The number of aromatic nitrogens is 4. The predicted molar refractivity (Wildman–Crippen MR) is 72.1 cm³/mol. The van der Waals surface area contributed by atoms with Crippen LogP contribution in [-0.2, 0) is 6.54 Å². The SMILES string of the molecule is O=C(NCc1ncn[nH]1)c1cc2ccccc2c(=O)[nH]1. The fourth-order valence-corrected chi connectivity index (χ4v) is 1.91. The molecule has 0 bridgehead atoms. The molecule has 7 heteroatoms. The average Bonchev–Trinajstić information content (AvgIpc) is 2.98. The quantitative estimate of drug-likeness (QED) is 0.646. The van der Waals surface area contributed by atoms with Crippen molar-refractivity contribution in [3.05, 3.63) is 58.5 Å². The highest BCUT2D eigenvalue weighted by Gasteiger charge is 2.09. The van der Waals surface area contributed by atoms with Crippen LogP contribution in [0.5, 0.6) is 0 Å². The van der Waals surface area contributed by atoms with E-state index in [1.165, 1.54) is 6.33 Å². The van der Waals surface area contributed by atoms with Crippen LogP contribution >= 0.6 is 0 Å². The summed E-state index contributed by atoms with van der Waals surface area (Å²) in [5, 5.41) is 10.2. The lowest BCUT2D eigenvalue weighted by Crippen LogP contribution is -2.26. The second-order valence-corrected chi connectivity index (χ2v) is 4.21. The molecule has 100 valence electrons. The van der Waals surface area contributed by atoms with E-state index in [1.807, 2.05) is 6.07 Å². The topological polar surface area (TPSA) is 104 Å². The molecule has 1 aromatic carbocycles. The number of amides is 1. The molecule has 3 N–H and O–H groups in total. The predicted octanol–water partition coefficient (Wildman–Crippen LogP) is 0.576. The van der Waals surface area contributed by atoms with Crippen molar-refractivity contribution in [1.29, 1.82) is 0 Å². The molecule has 1 amide bonds. The van der Waals surface area contributed by atoms with Gasteiger partial charge in [0.15, 0.2) is 0 Å². The van der Waals surface area contributed by atoms with Gasteiger partial charge >= 0.3 is 0 Å². The van der Waals surface area contributed by atoms with Crippen LogP contribution in [-0.4, -0.2) is 26.1 Å². The van der Waals surface area contributed by atoms with Crippen molar-refractivity contribution in [1.82, 2.24) is 25.5 Å². The molecule has 0 unspecified atom stereocenters. The van der Waals surface area contributed by atoms with Crippen LogP contribution in [0.4, 0.5) is 0 Å². The number of benzene rings is 1. The summed E-state index contributed by atoms with van der Waals surface area (Å²) < 4.78 is 0. The average molecular weight is 269 g/mol. The maximum atomic E-state index is 12.0. The fraction of sp³-hybridized carbons (Fsp3) is 0.0769. The van der Waals surface area contributed by atoms with Gasteiger partial charge in [-0.1, -0.05) is 18.2 Å². The van der Waals surface area contributed by atoms with E-state index in [4.69, 9.17) is 0 Å². The highest BCUT2D eigenvalue weighted by atomic mass is 16.2. The number of fused-ring (bicyclic) bond motifs is 1. The minimum absolute atomic E-state index is 0.216. The van der Waals surface area contributed by atoms with Gasteiger partial charge < -0.3 is 10.3 Å². The number of hydrogen-bond donors (Lipinski definition) is 3. The van der Waals surface area contributed by atoms with Gasteiger partial charge in [-0.05, 0) is 17.5 Å². The van der Waals surface area contributed by atoms with E-state index in [-0.39, 0.29) is 23.7 Å². The molecule has 7 nitrogen and oxygen atoms in total. The number of carbonyl (C=O) groups is 1. The van der Waals surface area contributed by atoms with Crippen LogP contribution in [0.1, 0.15) is 16.3 Å². The largest absolute Gasteiger partial charge is 0.343 e. The van der Waals surface area contributed by atoms with E-state index in [1.54, 1.807) is 24.3 Å². The Morgan fingerprint density at radius 1 is 1.30 bits per heavy atom. The van der Waals surface area contributed by atoms with Crippen LogP contribution < -0.4 is 10.9 Å². The maximum absolute atomic E-state index is 12.0. The second kappa shape index (κ2) is 4.96. The number of hydrogen-bond acceptors (Lipinski definition) is 4. The number of aromatic amines is 2. The number of nitrogens with one attached hydrogen (secondary N) is 3. The molecule has 0 saturated carbocycles. The summed E-state index contributed by atoms with van der Waals surface area (Å²) >= 11 is 0. The number of pyridine rings is 1. The van der Waals surface area contributed by atoms with Crippen molar-refractivity contribution in [2.24, 2.45) is 0 Å². The maximum Gasteiger partial charge on any atom is 0.268 e. The first-order chi connectivity index (χ1) is 9.74. The minimum Gasteiger partial charge on any atom is -0.343 e. The Morgan fingerprint density at radius 3 is 2.95 bits per heavy atom. The molecule has 0 aliphatic rings. The van der Waals surface area contributed by atoms with Crippen molar-refractivity contribution in [2.75, 3.05) is 0 Å². The summed E-state index contributed by atoms with van der Waals surface area (Å²) in [6, 6.07) is 8.74. The summed E-state index contributed by atoms with van der Waals surface area (Å²) in [6.45, 7) is 0.216. The standard InChI is InChI=1S/C13H11N5O2/c19-12-9-4-2-1-3-8(9)5-10(17-12)13(20)14-6-11-15-7-16-18-11/h1-5,7H,6H2,(H,14,20)(H,17,19)(H,15,16,18). The Labute approximate surface area is 113 Å². The van der Waals surface area contributed by atoms with E-state index in [0.717, 1.165) is 5.39 Å². The van der Waals surface area contributed by atoms with Gasteiger partial charge in [-0.15, -0.1) is 0 Å². The van der Waals surface area contributed by atoms with E-state index < -0.39 is 0 Å². The van der Waals surface area contributed by atoms with Crippen molar-refractivity contribution in [2.45, 2.75) is 6.54 Å². The van der Waals surface area contributed by atoms with Gasteiger partial charge in [0.2, 0.25) is 0 Å². The molecular weight excluding hydrogens is 258 g/mol. The first kappa shape index (κ1) is 12.1. The van der Waals surface area contributed by atoms with Crippen LogP contribution in [0.15, 0.2) is 41.5 Å². The van der Waals surface area contributed by atoms with Crippen molar-refractivity contribution in [3.8, 4) is 0 Å². The van der Waals surface area contributed by atoms with E-state index in [0.29, 0.717) is 11.2 Å². The monoisotopic (exact) mass is 269 g/mol. The summed E-state index contributed by atoms with van der Waals surface area (Å²) in [7, 11) is 0. The fourth-order valence-electron chi connectivity index (χ4n) is 1.91. The molecule has 2 aromatic heterocycles. The van der Waals surface area contributed by atoms with E-state index in [9.17, 15) is 9.59 Å². The molecule has 0 aliphatic carbocycles. The molecule has 0 aliphatic heterocycles. The molecular formula is C13H11N5O2. The van der Waals surface area contributed by atoms with Gasteiger partial charge in [-0.25, -0.2) is 4.98 Å². The van der Waals surface area contributed by atoms with Crippen molar-refractivity contribution >= 4 is 16.7 Å². The molecule has 0 radical (unpaired) electrons. The first-order valence-electron chi connectivity index (χ1n) is 5.98. The third kappa shape index (κ3) is 2.28. The van der Waals surface area contributed by atoms with Gasteiger partial charge in [-0.2, -0.15) is 5.10 Å². The zero-order valence-corrected chi connectivity index (χ0v) is 10.4. The molecule has 0 fully saturated rings. The minimum atomic E-state index is -0.371. The summed E-state index contributed by atoms with van der Waals surface area (Å²) in [6.07, 6.45) is 1.36. The van der Waals surface area contributed by atoms with E-state index >= 15 is 0 Å². The van der Waals surface area contributed by atoms with Crippen LogP contribution in [0.3, 0.4) is 0 Å². The zero-order chi connectivity index (χ0) is 13.9. The molecule has 3 aromatic rings. The number of H-pyrrole nitrogens is 2. The van der Waals surface area contributed by atoms with Gasteiger partial charge in [0.05, 0.1) is 6.54 Å². The smallest absolute Gasteiger partial charge is 0.268 e. The van der Waals surface area contributed by atoms with Crippen LogP contribution in [0, 0.1) is 0 Å². The van der Waals surface area contributed by atoms with Crippen molar-refractivity contribution < 1.29 is 4.79 Å². The molecule has 0 atom stereocenters. The highest BCUT2D eigenvalue weighted by Crippen LogP contribution is 2.09. The lowest BCUT2D eigenvalue weighted by atomic mass is 10.1. The Morgan fingerprint density at radius 2 is 2.15 bits per heavy atom. The first-order valence-corrected chi connectivity index (χ1v) is 5.98.